The molecule has 21 heavy (non-hydrogen) atoms. The van der Waals surface area contributed by atoms with E-state index in [1.54, 1.807) is 42.5 Å². The van der Waals surface area contributed by atoms with Gasteiger partial charge in [-0.05, 0) is 23.8 Å². The normalized spacial score (nSPS) is 11.0. The summed E-state index contributed by atoms with van der Waals surface area (Å²) in [6.45, 7) is 0.169. The Kier molecular flexibility index (Phi) is 3.57. The van der Waals surface area contributed by atoms with Crippen molar-refractivity contribution in [1.82, 2.24) is 4.57 Å². The highest BCUT2D eigenvalue weighted by molar-refractivity contribution is 6.42. The maximum absolute atomic E-state index is 12.0. The summed E-state index contributed by atoms with van der Waals surface area (Å²) in [6.07, 6.45) is 0. The van der Waals surface area contributed by atoms with E-state index in [4.69, 9.17) is 27.6 Å². The molecule has 0 radical (unpaired) electrons. The molecule has 0 unspecified atom stereocenters. The Morgan fingerprint density at radius 2 is 1.76 bits per heavy atom. The molecule has 106 valence electrons. The molecule has 0 bridgehead atoms. The van der Waals surface area contributed by atoms with Crippen LogP contribution in [0, 0.1) is 0 Å². The van der Waals surface area contributed by atoms with Crippen molar-refractivity contribution in [2.24, 2.45) is 0 Å². The number of aromatic nitrogens is 1. The summed E-state index contributed by atoms with van der Waals surface area (Å²) in [5.74, 6) is -0.727. The Labute approximate surface area is 129 Å². The topological polar surface area (TPSA) is 52.2 Å². The summed E-state index contributed by atoms with van der Waals surface area (Å²) in [5.41, 5.74) is 0.518. The molecule has 0 N–H and O–H groups in total. The zero-order chi connectivity index (χ0) is 15.0. The van der Waals surface area contributed by atoms with Crippen LogP contribution in [0.4, 0.5) is 0 Å². The van der Waals surface area contributed by atoms with Gasteiger partial charge in [0, 0.05) is 0 Å². The van der Waals surface area contributed by atoms with E-state index in [1.165, 1.54) is 4.57 Å². The molecule has 0 amide bonds. The first-order chi connectivity index (χ1) is 10.1. The standard InChI is InChI=1S/C15H9Cl2NO3/c16-11-6-3-4-9(13(11)17)8-18-12-7-2-1-5-10(12)14(19)21-15(18)20/h1-7H,8H2. The van der Waals surface area contributed by atoms with Gasteiger partial charge < -0.3 is 4.42 Å². The van der Waals surface area contributed by atoms with Gasteiger partial charge in [0.05, 0.1) is 27.5 Å². The molecule has 0 fully saturated rings. The van der Waals surface area contributed by atoms with Crippen LogP contribution in [0.3, 0.4) is 0 Å². The Hall–Kier alpha value is -2.04. The van der Waals surface area contributed by atoms with Crippen molar-refractivity contribution in [2.75, 3.05) is 0 Å². The Bertz CT molecular complexity index is 944. The zero-order valence-corrected chi connectivity index (χ0v) is 12.2. The fourth-order valence-electron chi connectivity index (χ4n) is 2.16. The number of hydrogen-bond donors (Lipinski definition) is 0. The predicted octanol–water partition coefficient (Wildman–Crippen LogP) is 3.31. The smallest absolute Gasteiger partial charge is 0.372 e. The number of para-hydroxylation sites is 1. The van der Waals surface area contributed by atoms with Crippen molar-refractivity contribution < 1.29 is 4.42 Å². The number of halogens is 2. The number of hydrogen-bond acceptors (Lipinski definition) is 3. The highest BCUT2D eigenvalue weighted by Crippen LogP contribution is 2.26. The van der Waals surface area contributed by atoms with Gasteiger partial charge in [0.15, 0.2) is 0 Å². The molecule has 2 aromatic carbocycles. The van der Waals surface area contributed by atoms with Gasteiger partial charge in [-0.3, -0.25) is 4.57 Å². The highest BCUT2D eigenvalue weighted by Gasteiger charge is 2.11. The molecule has 4 nitrogen and oxygen atoms in total. The molecule has 3 aromatic rings. The largest absolute Gasteiger partial charge is 0.422 e. The molecule has 0 spiro atoms. The average Bonchev–Trinajstić information content (AvgIpc) is 2.47. The lowest BCUT2D eigenvalue weighted by Crippen LogP contribution is -2.25. The van der Waals surface area contributed by atoms with Gasteiger partial charge >= 0.3 is 11.4 Å². The number of nitrogens with zero attached hydrogens (tertiary/aromatic N) is 1. The van der Waals surface area contributed by atoms with Crippen LogP contribution in [0.2, 0.25) is 10.0 Å². The Morgan fingerprint density at radius 1 is 1.00 bits per heavy atom. The molecular weight excluding hydrogens is 313 g/mol. The van der Waals surface area contributed by atoms with Crippen LogP contribution in [0.1, 0.15) is 5.56 Å². The molecule has 0 aliphatic rings. The monoisotopic (exact) mass is 321 g/mol. The van der Waals surface area contributed by atoms with Gasteiger partial charge in [0.25, 0.3) is 0 Å². The summed E-state index contributed by atoms with van der Waals surface area (Å²) in [6, 6.07) is 11.9. The fourth-order valence-corrected chi connectivity index (χ4v) is 2.54. The van der Waals surface area contributed by atoms with Crippen molar-refractivity contribution in [2.45, 2.75) is 6.54 Å². The van der Waals surface area contributed by atoms with Crippen LogP contribution in [0.25, 0.3) is 10.9 Å². The van der Waals surface area contributed by atoms with Crippen LogP contribution in [-0.4, -0.2) is 4.57 Å². The van der Waals surface area contributed by atoms with Crippen LogP contribution >= 0.6 is 23.2 Å². The van der Waals surface area contributed by atoms with Gasteiger partial charge in [0.2, 0.25) is 0 Å². The first-order valence-electron chi connectivity index (χ1n) is 6.13. The molecule has 1 heterocycles. The van der Waals surface area contributed by atoms with Gasteiger partial charge in [-0.2, -0.15) is 0 Å². The van der Waals surface area contributed by atoms with Crippen molar-refractivity contribution in [3.8, 4) is 0 Å². The molecular formula is C15H9Cl2NO3. The Balaban J connectivity index is 2.24. The summed E-state index contributed by atoms with van der Waals surface area (Å²) in [5, 5.41) is 1.13. The second-order valence-corrected chi connectivity index (χ2v) is 5.26. The van der Waals surface area contributed by atoms with E-state index in [0.717, 1.165) is 0 Å². The van der Waals surface area contributed by atoms with Gasteiger partial charge in [-0.15, -0.1) is 0 Å². The molecule has 0 saturated carbocycles. The third kappa shape index (κ3) is 2.48. The molecule has 3 rings (SSSR count). The third-order valence-corrected chi connectivity index (χ3v) is 4.03. The maximum Gasteiger partial charge on any atom is 0.422 e. The van der Waals surface area contributed by atoms with E-state index in [-0.39, 0.29) is 6.54 Å². The van der Waals surface area contributed by atoms with Crippen molar-refractivity contribution in [1.29, 1.82) is 0 Å². The fraction of sp³-hybridized carbons (Fsp3) is 0.0667. The highest BCUT2D eigenvalue weighted by atomic mass is 35.5. The number of rotatable bonds is 2. The second kappa shape index (κ2) is 5.39. The SMILES string of the molecule is O=c1oc(=O)n(Cc2cccc(Cl)c2Cl)c2ccccc12. The second-order valence-electron chi connectivity index (χ2n) is 4.47. The lowest BCUT2D eigenvalue weighted by Gasteiger charge is -2.10. The van der Waals surface area contributed by atoms with Crippen molar-refractivity contribution >= 4 is 34.1 Å². The van der Waals surface area contributed by atoms with Gasteiger partial charge in [-0.1, -0.05) is 47.5 Å². The van der Waals surface area contributed by atoms with Crippen LogP contribution in [0.15, 0.2) is 56.5 Å². The summed E-state index contributed by atoms with van der Waals surface area (Å²) < 4.78 is 6.10. The van der Waals surface area contributed by atoms with Crippen molar-refractivity contribution in [3.63, 3.8) is 0 Å². The summed E-state index contributed by atoms with van der Waals surface area (Å²) in [7, 11) is 0. The number of benzene rings is 2. The van der Waals surface area contributed by atoms with Crippen LogP contribution in [0.5, 0.6) is 0 Å². The van der Waals surface area contributed by atoms with Crippen molar-refractivity contribution in [3.05, 3.63) is 79.0 Å². The molecule has 0 saturated heterocycles. The maximum atomic E-state index is 12.0. The van der Waals surface area contributed by atoms with E-state index in [0.29, 0.717) is 26.5 Å². The van der Waals surface area contributed by atoms with E-state index < -0.39 is 11.4 Å². The first kappa shape index (κ1) is 13.9. The van der Waals surface area contributed by atoms with E-state index in [1.807, 2.05) is 0 Å². The quantitative estimate of drug-likeness (QED) is 0.727. The van der Waals surface area contributed by atoms with Crippen LogP contribution in [-0.2, 0) is 6.54 Å². The van der Waals surface area contributed by atoms with Gasteiger partial charge in [0.1, 0.15) is 0 Å². The third-order valence-electron chi connectivity index (χ3n) is 3.18. The van der Waals surface area contributed by atoms with E-state index in [2.05, 4.69) is 0 Å². The average molecular weight is 322 g/mol. The molecule has 0 atom stereocenters. The molecule has 1 aromatic heterocycles. The zero-order valence-electron chi connectivity index (χ0n) is 10.7. The lowest BCUT2D eigenvalue weighted by atomic mass is 10.2. The minimum atomic E-state index is -0.727. The minimum Gasteiger partial charge on any atom is -0.372 e. The first-order valence-corrected chi connectivity index (χ1v) is 6.89. The minimum absolute atomic E-state index is 0.169. The predicted molar refractivity (Wildman–Crippen MR) is 82.3 cm³/mol. The van der Waals surface area contributed by atoms with Gasteiger partial charge in [-0.25, -0.2) is 9.59 Å². The summed E-state index contributed by atoms with van der Waals surface area (Å²) >= 11 is 12.1. The van der Waals surface area contributed by atoms with E-state index in [9.17, 15) is 9.59 Å². The molecule has 0 aliphatic heterocycles. The summed E-state index contributed by atoms with van der Waals surface area (Å²) in [4.78, 5) is 23.7. The lowest BCUT2D eigenvalue weighted by molar-refractivity contribution is 0.425. The number of fused-ring (bicyclic) bond motifs is 1. The molecule has 0 aliphatic carbocycles. The van der Waals surface area contributed by atoms with E-state index >= 15 is 0 Å². The molecule has 6 heteroatoms. The van der Waals surface area contributed by atoms with Crippen LogP contribution < -0.4 is 11.4 Å². The Morgan fingerprint density at radius 3 is 2.57 bits per heavy atom.